The zero-order valence-corrected chi connectivity index (χ0v) is 15.7. The predicted octanol–water partition coefficient (Wildman–Crippen LogP) is 3.78. The van der Waals surface area contributed by atoms with Crippen molar-refractivity contribution in [1.29, 1.82) is 0 Å². The van der Waals surface area contributed by atoms with Crippen molar-refractivity contribution in [3.05, 3.63) is 107 Å². The van der Waals surface area contributed by atoms with Crippen molar-refractivity contribution >= 4 is 23.1 Å². The second-order valence-electron chi connectivity index (χ2n) is 6.66. The molecule has 1 N–H and O–H groups in total. The number of fused-ring (bicyclic) bond motifs is 1. The van der Waals surface area contributed by atoms with Crippen molar-refractivity contribution in [3.8, 4) is 0 Å². The van der Waals surface area contributed by atoms with Crippen LogP contribution < -0.4 is 5.43 Å². The monoisotopic (exact) mass is 381 g/mol. The van der Waals surface area contributed by atoms with Crippen LogP contribution >= 0.6 is 0 Å². The summed E-state index contributed by atoms with van der Waals surface area (Å²) in [5, 5.41) is 4.15. The summed E-state index contributed by atoms with van der Waals surface area (Å²) in [5.74, 6) is -0.518. The van der Waals surface area contributed by atoms with Gasteiger partial charge in [-0.2, -0.15) is 5.10 Å². The number of benzene rings is 3. The molecular weight excluding hydrogens is 362 g/mol. The van der Waals surface area contributed by atoms with E-state index in [0.717, 1.165) is 16.8 Å². The first-order valence-electron chi connectivity index (χ1n) is 9.35. The van der Waals surface area contributed by atoms with Crippen molar-refractivity contribution < 1.29 is 9.59 Å². The number of hydrazone groups is 1. The molecule has 5 nitrogen and oxygen atoms in total. The lowest BCUT2D eigenvalue weighted by Gasteiger charge is -2.19. The molecule has 0 fully saturated rings. The topological polar surface area (TPSA) is 70.9 Å². The van der Waals surface area contributed by atoms with Gasteiger partial charge in [0.1, 0.15) is 5.71 Å². The van der Waals surface area contributed by atoms with E-state index in [0.29, 0.717) is 17.7 Å². The highest BCUT2D eigenvalue weighted by Crippen LogP contribution is 2.21. The molecule has 5 heteroatoms. The van der Waals surface area contributed by atoms with Crippen LogP contribution in [0.25, 0.3) is 0 Å². The zero-order chi connectivity index (χ0) is 20.1. The van der Waals surface area contributed by atoms with Crippen LogP contribution in [0.15, 0.2) is 95.0 Å². The van der Waals surface area contributed by atoms with Crippen molar-refractivity contribution in [1.82, 2.24) is 5.43 Å². The van der Waals surface area contributed by atoms with E-state index < -0.39 is 0 Å². The number of hydrogen-bond donors (Lipinski definition) is 1. The fourth-order valence-electron chi connectivity index (χ4n) is 3.22. The Bertz CT molecular complexity index is 1100. The highest BCUT2D eigenvalue weighted by atomic mass is 16.2. The molecule has 1 amide bonds. The maximum absolute atomic E-state index is 12.8. The van der Waals surface area contributed by atoms with Crippen molar-refractivity contribution in [2.24, 2.45) is 10.1 Å². The SMILES string of the molecule is O=C1CC(=NCc2ccccc2)c2ccccc2C1=NNC(=O)c1ccccc1. The van der Waals surface area contributed by atoms with E-state index in [9.17, 15) is 9.59 Å². The van der Waals surface area contributed by atoms with Crippen LogP contribution in [0.4, 0.5) is 0 Å². The molecule has 29 heavy (non-hydrogen) atoms. The number of Topliss-reactive ketones (excluding diaryl/α,β-unsaturated/α-hetero) is 1. The van der Waals surface area contributed by atoms with E-state index in [1.165, 1.54) is 0 Å². The van der Waals surface area contributed by atoms with Gasteiger partial charge in [0.25, 0.3) is 5.91 Å². The van der Waals surface area contributed by atoms with Gasteiger partial charge in [-0.3, -0.25) is 14.6 Å². The van der Waals surface area contributed by atoms with Gasteiger partial charge in [-0.05, 0) is 17.7 Å². The predicted molar refractivity (Wildman–Crippen MR) is 113 cm³/mol. The van der Waals surface area contributed by atoms with E-state index >= 15 is 0 Å². The lowest BCUT2D eigenvalue weighted by atomic mass is 9.87. The lowest BCUT2D eigenvalue weighted by Crippen LogP contribution is -2.31. The molecule has 4 rings (SSSR count). The molecule has 0 radical (unpaired) electrons. The van der Waals surface area contributed by atoms with E-state index in [1.54, 1.807) is 24.3 Å². The summed E-state index contributed by atoms with van der Waals surface area (Å²) in [7, 11) is 0. The first kappa shape index (κ1) is 18.5. The third kappa shape index (κ3) is 4.19. The van der Waals surface area contributed by atoms with Crippen LogP contribution in [0, 0.1) is 0 Å². The largest absolute Gasteiger partial charge is 0.292 e. The van der Waals surface area contributed by atoms with Gasteiger partial charge in [0.05, 0.1) is 18.7 Å². The molecule has 142 valence electrons. The second-order valence-corrected chi connectivity index (χ2v) is 6.66. The number of ketones is 1. The maximum Gasteiger partial charge on any atom is 0.271 e. The van der Waals surface area contributed by atoms with Gasteiger partial charge < -0.3 is 0 Å². The number of carbonyl (C=O) groups is 2. The average Bonchev–Trinajstić information content (AvgIpc) is 2.78. The van der Waals surface area contributed by atoms with Gasteiger partial charge in [0.15, 0.2) is 5.78 Å². The first-order valence-corrected chi connectivity index (χ1v) is 9.35. The average molecular weight is 381 g/mol. The zero-order valence-electron chi connectivity index (χ0n) is 15.7. The molecule has 3 aromatic carbocycles. The maximum atomic E-state index is 12.8. The number of nitrogens with zero attached hydrogens (tertiary/aromatic N) is 2. The van der Waals surface area contributed by atoms with Crippen LogP contribution in [-0.2, 0) is 11.3 Å². The molecule has 0 unspecified atom stereocenters. The summed E-state index contributed by atoms with van der Waals surface area (Å²) >= 11 is 0. The third-order valence-corrected chi connectivity index (χ3v) is 4.69. The Balaban J connectivity index is 1.61. The summed E-state index contributed by atoms with van der Waals surface area (Å²) in [6.45, 7) is 0.509. The van der Waals surface area contributed by atoms with E-state index in [2.05, 4.69) is 15.5 Å². The molecule has 3 aromatic rings. The quantitative estimate of drug-likeness (QED) is 0.699. The molecule has 1 aliphatic rings. The van der Waals surface area contributed by atoms with Crippen LogP contribution in [0.2, 0.25) is 0 Å². The number of hydrogen-bond acceptors (Lipinski definition) is 4. The van der Waals surface area contributed by atoms with Crippen LogP contribution in [0.1, 0.15) is 33.5 Å². The fourth-order valence-corrected chi connectivity index (χ4v) is 3.22. The number of amides is 1. The smallest absolute Gasteiger partial charge is 0.271 e. The first-order chi connectivity index (χ1) is 14.2. The number of aliphatic imine (C=N–C) groups is 1. The Morgan fingerprint density at radius 2 is 1.45 bits per heavy atom. The van der Waals surface area contributed by atoms with Gasteiger partial charge in [-0.25, -0.2) is 5.43 Å². The van der Waals surface area contributed by atoms with Crippen LogP contribution in [-0.4, -0.2) is 23.1 Å². The normalized spacial score (nSPS) is 15.9. The molecule has 0 atom stereocenters. The Kier molecular flexibility index (Phi) is 5.38. The van der Waals surface area contributed by atoms with Crippen molar-refractivity contribution in [2.45, 2.75) is 13.0 Å². The van der Waals surface area contributed by atoms with Gasteiger partial charge in [0.2, 0.25) is 0 Å². The van der Waals surface area contributed by atoms with Crippen LogP contribution in [0.3, 0.4) is 0 Å². The molecule has 0 spiro atoms. The number of nitrogens with one attached hydrogen (secondary N) is 1. The molecule has 0 bridgehead atoms. The van der Waals surface area contributed by atoms with Gasteiger partial charge in [-0.1, -0.05) is 72.8 Å². The second kappa shape index (κ2) is 8.44. The number of carbonyl (C=O) groups excluding carboxylic acids is 2. The summed E-state index contributed by atoms with van der Waals surface area (Å²) in [4.78, 5) is 29.7. The summed E-state index contributed by atoms with van der Waals surface area (Å²) < 4.78 is 0. The Morgan fingerprint density at radius 3 is 2.17 bits per heavy atom. The minimum Gasteiger partial charge on any atom is -0.292 e. The summed E-state index contributed by atoms with van der Waals surface area (Å²) in [6.07, 6.45) is 0.157. The Hall–Kier alpha value is -3.86. The molecular formula is C24H19N3O2. The van der Waals surface area contributed by atoms with E-state index in [-0.39, 0.29) is 23.8 Å². The van der Waals surface area contributed by atoms with Crippen LogP contribution in [0.5, 0.6) is 0 Å². The molecule has 0 saturated heterocycles. The standard InChI is InChI=1S/C24H19N3O2/c28-22-15-21(25-16-17-9-3-1-4-10-17)19-13-7-8-14-20(19)23(22)26-27-24(29)18-11-5-2-6-12-18/h1-14H,15-16H2,(H,27,29). The summed E-state index contributed by atoms with van der Waals surface area (Å²) in [6, 6.07) is 26.2. The molecule has 1 aliphatic carbocycles. The number of rotatable bonds is 4. The lowest BCUT2D eigenvalue weighted by molar-refractivity contribution is -0.111. The van der Waals surface area contributed by atoms with E-state index in [4.69, 9.17) is 0 Å². The van der Waals surface area contributed by atoms with Gasteiger partial charge >= 0.3 is 0 Å². The van der Waals surface area contributed by atoms with Gasteiger partial charge in [0, 0.05) is 16.7 Å². The highest BCUT2D eigenvalue weighted by Gasteiger charge is 2.27. The molecule has 0 heterocycles. The highest BCUT2D eigenvalue weighted by molar-refractivity contribution is 6.53. The minimum atomic E-state index is -0.355. The van der Waals surface area contributed by atoms with Crippen molar-refractivity contribution in [3.63, 3.8) is 0 Å². The Morgan fingerprint density at radius 1 is 0.828 bits per heavy atom. The fraction of sp³-hybridized carbons (Fsp3) is 0.0833. The van der Waals surface area contributed by atoms with E-state index in [1.807, 2.05) is 60.7 Å². The minimum absolute atomic E-state index is 0.157. The summed E-state index contributed by atoms with van der Waals surface area (Å²) in [5.41, 5.74) is 6.62. The van der Waals surface area contributed by atoms with Crippen molar-refractivity contribution in [2.75, 3.05) is 0 Å². The third-order valence-electron chi connectivity index (χ3n) is 4.69. The molecule has 0 aliphatic heterocycles. The van der Waals surface area contributed by atoms with Gasteiger partial charge in [-0.15, -0.1) is 0 Å². The molecule has 0 aromatic heterocycles. The Labute approximate surface area is 168 Å². The molecule has 0 saturated carbocycles.